The lowest BCUT2D eigenvalue weighted by atomic mass is 10.0. The van der Waals surface area contributed by atoms with E-state index in [9.17, 15) is 36.8 Å². The number of carbonyl (C=O) groups is 5. The molecule has 4 N–H and O–H groups in total. The van der Waals surface area contributed by atoms with E-state index < -0.39 is 74.0 Å². The van der Waals surface area contributed by atoms with Crippen LogP contribution in [-0.2, 0) is 47.0 Å². The van der Waals surface area contributed by atoms with Gasteiger partial charge in [-0.3, -0.25) is 28.8 Å². The number of hydrogen-bond acceptors (Lipinski definition) is 9. The molecule has 3 fully saturated rings. The Morgan fingerprint density at radius 2 is 1.75 bits per heavy atom. The molecule has 0 bridgehead atoms. The Hall–Kier alpha value is -4.99. The molecule has 0 unspecified atom stereocenters. The number of fused-ring (bicyclic) bond motifs is 3. The van der Waals surface area contributed by atoms with Crippen LogP contribution >= 0.6 is 0 Å². The number of benzene rings is 2. The summed E-state index contributed by atoms with van der Waals surface area (Å²) >= 11 is 0. The summed E-state index contributed by atoms with van der Waals surface area (Å²) in [7, 11) is -4.01. The van der Waals surface area contributed by atoms with E-state index in [0.717, 1.165) is 12.8 Å². The summed E-state index contributed by atoms with van der Waals surface area (Å²) in [6, 6.07) is 9.58. The number of nitrogens with one attached hydrogen (secondary N) is 4. The maximum absolute atomic E-state index is 14.6. The summed E-state index contributed by atoms with van der Waals surface area (Å²) < 4.78 is 47.8. The van der Waals surface area contributed by atoms with Gasteiger partial charge in [-0.25, -0.2) is 17.6 Å². The van der Waals surface area contributed by atoms with Gasteiger partial charge < -0.3 is 25.6 Å². The molecule has 55 heavy (non-hydrogen) atoms. The molecule has 2 aromatic carbocycles. The molecule has 2 saturated carbocycles. The Bertz CT molecular complexity index is 2020. The van der Waals surface area contributed by atoms with Gasteiger partial charge in [0.15, 0.2) is 0 Å². The molecule has 14 nitrogen and oxygen atoms in total. The largest absolute Gasteiger partial charge is 0.444 e. The molecule has 2 aromatic rings. The van der Waals surface area contributed by atoms with Crippen molar-refractivity contribution in [3.63, 3.8) is 0 Å². The number of nitrogens with zero attached hydrogens (tertiary/aromatic N) is 2. The fraction of sp³-hybridized carbons (Fsp3) is 0.513. The first kappa shape index (κ1) is 38.3. The minimum Gasteiger partial charge on any atom is -0.444 e. The van der Waals surface area contributed by atoms with E-state index in [0.29, 0.717) is 54.6 Å². The molecule has 2 aliphatic carbocycles. The van der Waals surface area contributed by atoms with Crippen LogP contribution in [0, 0.1) is 11.7 Å². The lowest BCUT2D eigenvalue weighted by Gasteiger charge is -2.30. The van der Waals surface area contributed by atoms with Crippen molar-refractivity contribution in [2.45, 2.75) is 113 Å². The molecule has 294 valence electrons. The van der Waals surface area contributed by atoms with Gasteiger partial charge in [-0.15, -0.1) is 0 Å². The third kappa shape index (κ3) is 8.05. The summed E-state index contributed by atoms with van der Waals surface area (Å²) in [6.07, 6.45) is 6.52. The molecular formula is C39H47FN6O8S. The van der Waals surface area contributed by atoms with E-state index in [-0.39, 0.29) is 38.4 Å². The predicted octanol–water partition coefficient (Wildman–Crippen LogP) is 4.08. The maximum atomic E-state index is 14.6. The van der Waals surface area contributed by atoms with Crippen molar-refractivity contribution >= 4 is 51.1 Å². The van der Waals surface area contributed by atoms with E-state index in [1.54, 1.807) is 43.3 Å². The number of carbonyl (C=O) groups excluding carboxylic acids is 5. The first-order chi connectivity index (χ1) is 26.2. The van der Waals surface area contributed by atoms with Crippen LogP contribution in [0.4, 0.5) is 20.6 Å². The Labute approximate surface area is 319 Å². The number of ether oxygens (including phenoxy) is 1. The van der Waals surface area contributed by atoms with Gasteiger partial charge in [-0.05, 0) is 81.3 Å². The molecule has 5 atom stereocenters. The van der Waals surface area contributed by atoms with Crippen molar-refractivity contribution in [2.75, 3.05) is 17.2 Å². The summed E-state index contributed by atoms with van der Waals surface area (Å²) in [4.78, 5) is 70.5. The molecule has 3 heterocycles. The Balaban J connectivity index is 1.15. The molecule has 7 rings (SSSR count). The van der Waals surface area contributed by atoms with Crippen molar-refractivity contribution in [3.8, 4) is 0 Å². The van der Waals surface area contributed by atoms with Crippen LogP contribution in [0.3, 0.4) is 0 Å². The van der Waals surface area contributed by atoms with Gasteiger partial charge in [-0.2, -0.15) is 0 Å². The third-order valence-electron chi connectivity index (χ3n) is 11.5. The third-order valence-corrected chi connectivity index (χ3v) is 13.6. The monoisotopic (exact) mass is 778 g/mol. The number of rotatable bonds is 7. The molecule has 5 amide bonds. The first-order valence-corrected chi connectivity index (χ1v) is 20.4. The topological polar surface area (TPSA) is 183 Å². The highest BCUT2D eigenvalue weighted by Gasteiger charge is 2.63. The number of amides is 5. The maximum Gasteiger partial charge on any atom is 0.410 e. The van der Waals surface area contributed by atoms with Crippen LogP contribution in [-0.4, -0.2) is 83.0 Å². The lowest BCUT2D eigenvalue weighted by Crippen LogP contribution is -2.58. The van der Waals surface area contributed by atoms with Crippen LogP contribution in [0.5, 0.6) is 0 Å². The summed E-state index contributed by atoms with van der Waals surface area (Å²) in [6.45, 7) is 3.02. The van der Waals surface area contributed by atoms with Crippen LogP contribution in [0.1, 0.15) is 82.8 Å². The van der Waals surface area contributed by atoms with Gasteiger partial charge in [-0.1, -0.05) is 37.1 Å². The summed E-state index contributed by atoms with van der Waals surface area (Å²) in [5.74, 6) is -3.02. The van der Waals surface area contributed by atoms with E-state index in [1.165, 1.54) is 22.8 Å². The zero-order valence-corrected chi connectivity index (χ0v) is 31.8. The highest BCUT2D eigenvalue weighted by atomic mass is 32.2. The van der Waals surface area contributed by atoms with Gasteiger partial charge in [0.25, 0.3) is 5.91 Å². The first-order valence-electron chi connectivity index (χ1n) is 18.9. The smallest absolute Gasteiger partial charge is 0.410 e. The highest BCUT2D eigenvalue weighted by Crippen LogP contribution is 2.47. The van der Waals surface area contributed by atoms with Crippen molar-refractivity contribution < 1.29 is 41.5 Å². The van der Waals surface area contributed by atoms with Gasteiger partial charge in [0, 0.05) is 42.7 Å². The average Bonchev–Trinajstić information content (AvgIpc) is 3.93. The Morgan fingerprint density at radius 3 is 2.45 bits per heavy atom. The van der Waals surface area contributed by atoms with Crippen LogP contribution in [0.15, 0.2) is 54.6 Å². The Kier molecular flexibility index (Phi) is 10.4. The minimum absolute atomic E-state index is 0.0152. The van der Waals surface area contributed by atoms with Crippen LogP contribution in [0.25, 0.3) is 0 Å². The van der Waals surface area contributed by atoms with Gasteiger partial charge in [0.05, 0.1) is 17.8 Å². The quantitative estimate of drug-likeness (QED) is 0.301. The SMILES string of the molecule is CC(=O)Nc1ccc(N[C@H]2CCCCCC=C[C@H]3C[C@@]3(C(=O)NS(=O)(=O)C3(C)CC3)NC(=O)[C@@H]3C[C@@H](OC(=O)N4Cc5cccc(F)c5C4)CN3C2=O)cc1. The molecule has 0 spiro atoms. The molecular weight excluding hydrogens is 732 g/mol. The second-order valence-electron chi connectivity index (χ2n) is 15.7. The fourth-order valence-corrected chi connectivity index (χ4v) is 9.04. The van der Waals surface area contributed by atoms with Crippen molar-refractivity contribution in [1.29, 1.82) is 0 Å². The van der Waals surface area contributed by atoms with Gasteiger partial charge in [0.1, 0.15) is 29.5 Å². The molecule has 1 saturated heterocycles. The second-order valence-corrected chi connectivity index (χ2v) is 17.9. The average molecular weight is 779 g/mol. The lowest BCUT2D eigenvalue weighted by molar-refractivity contribution is -0.140. The van der Waals surface area contributed by atoms with E-state index in [4.69, 9.17) is 4.74 Å². The molecule has 16 heteroatoms. The standard InChI is InChI=1S/C39H47FN6O8S/c1-24(47)41-27-13-15-28(16-14-27)42-32-12-7-5-3-4-6-10-26-20-39(26,36(50)44-55(52,53)38(2)17-18-38)43-34(48)33-19-29(22-46(33)35(32)49)54-37(51)45-21-25-9-8-11-31(40)30(25)23-45/h6,8-11,13-16,26,29,32-33,42H,3-5,7,12,17-23H2,1-2H3,(H,41,47)(H,43,48)(H,44,50)/t26-,29+,32-,33-,39+/m0/s1. The zero-order valence-electron chi connectivity index (χ0n) is 30.9. The highest BCUT2D eigenvalue weighted by molar-refractivity contribution is 7.91. The van der Waals surface area contributed by atoms with E-state index >= 15 is 0 Å². The van der Waals surface area contributed by atoms with Crippen molar-refractivity contribution in [2.24, 2.45) is 5.92 Å². The van der Waals surface area contributed by atoms with Crippen molar-refractivity contribution in [3.05, 3.63) is 71.6 Å². The number of sulfonamides is 1. The number of anilines is 2. The Morgan fingerprint density at radius 1 is 1.00 bits per heavy atom. The zero-order chi connectivity index (χ0) is 39.1. The number of allylic oxidation sites excluding steroid dienone is 1. The van der Waals surface area contributed by atoms with Crippen molar-refractivity contribution in [1.82, 2.24) is 19.8 Å². The van der Waals surface area contributed by atoms with E-state index in [2.05, 4.69) is 20.7 Å². The molecule has 5 aliphatic rings. The second kappa shape index (κ2) is 14.9. The molecule has 0 radical (unpaired) electrons. The predicted molar refractivity (Wildman–Crippen MR) is 200 cm³/mol. The fourth-order valence-electron chi connectivity index (χ4n) is 7.73. The number of hydrogen-bond donors (Lipinski definition) is 4. The van der Waals surface area contributed by atoms with Crippen LogP contribution < -0.4 is 20.7 Å². The summed E-state index contributed by atoms with van der Waals surface area (Å²) in [5.41, 5.74) is 0.716. The van der Waals surface area contributed by atoms with Crippen LogP contribution in [0.2, 0.25) is 0 Å². The molecule has 3 aliphatic heterocycles. The molecule has 0 aromatic heterocycles. The minimum atomic E-state index is -4.01. The summed E-state index contributed by atoms with van der Waals surface area (Å²) in [5, 5.41) is 8.87. The van der Waals surface area contributed by atoms with E-state index in [1.807, 2.05) is 12.2 Å². The van der Waals surface area contributed by atoms with Gasteiger partial charge >= 0.3 is 6.09 Å². The normalized spacial score (nSPS) is 27.3. The number of halogens is 1. The van der Waals surface area contributed by atoms with Gasteiger partial charge in [0.2, 0.25) is 27.7 Å².